The third-order valence-electron chi connectivity index (χ3n) is 3.60. The first-order valence-corrected chi connectivity index (χ1v) is 8.48. The second-order valence-corrected chi connectivity index (χ2v) is 5.94. The number of rotatable bonds is 10. The molecule has 0 bridgehead atoms. The normalized spacial score (nSPS) is 10.5. The summed E-state index contributed by atoms with van der Waals surface area (Å²) in [4.78, 5) is 18.2. The number of carbonyl (C=O) groups excluding carboxylic acids is 1. The monoisotopic (exact) mass is 358 g/mol. The van der Waals surface area contributed by atoms with E-state index in [0.29, 0.717) is 25.4 Å². The van der Waals surface area contributed by atoms with Crippen molar-refractivity contribution in [3.63, 3.8) is 0 Å². The molecule has 0 unspecified atom stereocenters. The fourth-order valence-electron chi connectivity index (χ4n) is 2.18. The van der Waals surface area contributed by atoms with Gasteiger partial charge >= 0.3 is 0 Å². The zero-order valence-electron chi connectivity index (χ0n) is 15.5. The van der Waals surface area contributed by atoms with Crippen LogP contribution in [0.1, 0.15) is 10.5 Å². The van der Waals surface area contributed by atoms with Crippen molar-refractivity contribution in [2.45, 2.75) is 0 Å². The minimum absolute atomic E-state index is 0.176. The Hall–Kier alpha value is -2.80. The Balaban J connectivity index is 1.76. The Morgan fingerprint density at radius 1 is 1.12 bits per heavy atom. The van der Waals surface area contributed by atoms with Crippen LogP contribution in [0.3, 0.4) is 0 Å². The van der Waals surface area contributed by atoms with Crippen molar-refractivity contribution in [1.82, 2.24) is 15.2 Å². The summed E-state index contributed by atoms with van der Waals surface area (Å²) in [7, 11) is 5.55. The molecule has 0 spiro atoms. The molecule has 1 aromatic carbocycles. The lowest BCUT2D eigenvalue weighted by Gasteiger charge is -2.11. The maximum absolute atomic E-state index is 12.1. The maximum Gasteiger partial charge on any atom is 0.269 e. The second kappa shape index (κ2) is 10.2. The molecule has 1 aromatic heterocycles. The Bertz CT molecular complexity index is 689. The molecule has 0 saturated heterocycles. The van der Waals surface area contributed by atoms with E-state index < -0.39 is 0 Å². The number of aromatic nitrogens is 1. The summed E-state index contributed by atoms with van der Waals surface area (Å²) in [5.74, 6) is 1.40. The summed E-state index contributed by atoms with van der Waals surface area (Å²) >= 11 is 0. The van der Waals surface area contributed by atoms with Gasteiger partial charge < -0.3 is 25.0 Å². The Morgan fingerprint density at radius 2 is 1.85 bits per heavy atom. The molecule has 7 nitrogen and oxygen atoms in total. The summed E-state index contributed by atoms with van der Waals surface area (Å²) in [6, 6.07) is 11.0. The smallest absolute Gasteiger partial charge is 0.269 e. The van der Waals surface area contributed by atoms with Crippen LogP contribution in [-0.4, -0.2) is 63.2 Å². The van der Waals surface area contributed by atoms with E-state index in [1.807, 2.05) is 49.3 Å². The zero-order valence-corrected chi connectivity index (χ0v) is 15.5. The molecule has 26 heavy (non-hydrogen) atoms. The van der Waals surface area contributed by atoms with Gasteiger partial charge in [0.25, 0.3) is 5.91 Å². The molecular formula is C19H26N4O3. The number of hydrogen-bond donors (Lipinski definition) is 2. The van der Waals surface area contributed by atoms with E-state index >= 15 is 0 Å². The second-order valence-electron chi connectivity index (χ2n) is 5.94. The molecule has 2 rings (SSSR count). The Kier molecular flexibility index (Phi) is 7.70. The molecule has 0 fully saturated rings. The summed E-state index contributed by atoms with van der Waals surface area (Å²) < 4.78 is 10.8. The first-order valence-electron chi connectivity index (χ1n) is 8.48. The van der Waals surface area contributed by atoms with Crippen LogP contribution in [0.2, 0.25) is 0 Å². The average Bonchev–Trinajstić information content (AvgIpc) is 2.65. The number of anilines is 1. The van der Waals surface area contributed by atoms with Gasteiger partial charge in [-0.05, 0) is 50.5 Å². The number of benzene rings is 1. The first-order chi connectivity index (χ1) is 12.6. The summed E-state index contributed by atoms with van der Waals surface area (Å²) in [5, 5.41) is 6.08. The van der Waals surface area contributed by atoms with Crippen LogP contribution >= 0.6 is 0 Å². The molecule has 140 valence electrons. The van der Waals surface area contributed by atoms with E-state index in [2.05, 4.69) is 15.6 Å². The molecule has 0 aliphatic carbocycles. The van der Waals surface area contributed by atoms with Gasteiger partial charge in [-0.3, -0.25) is 9.78 Å². The van der Waals surface area contributed by atoms with Crippen molar-refractivity contribution in [3.8, 4) is 11.5 Å². The van der Waals surface area contributed by atoms with E-state index in [9.17, 15) is 4.79 Å². The van der Waals surface area contributed by atoms with Crippen molar-refractivity contribution >= 4 is 11.6 Å². The third-order valence-corrected chi connectivity index (χ3v) is 3.60. The van der Waals surface area contributed by atoms with Gasteiger partial charge in [-0.1, -0.05) is 0 Å². The van der Waals surface area contributed by atoms with Crippen LogP contribution in [0, 0.1) is 0 Å². The molecule has 0 aliphatic heterocycles. The number of pyridine rings is 1. The first kappa shape index (κ1) is 19.5. The molecule has 0 radical (unpaired) electrons. The number of hydrogen-bond acceptors (Lipinski definition) is 6. The molecule has 1 heterocycles. The van der Waals surface area contributed by atoms with E-state index in [1.165, 1.54) is 0 Å². The summed E-state index contributed by atoms with van der Waals surface area (Å²) in [5.41, 5.74) is 1.22. The zero-order chi connectivity index (χ0) is 18.8. The number of methoxy groups -OCH3 is 1. The lowest BCUT2D eigenvalue weighted by Crippen LogP contribution is -2.31. The van der Waals surface area contributed by atoms with Gasteiger partial charge in [0.15, 0.2) is 0 Å². The van der Waals surface area contributed by atoms with E-state index in [1.54, 1.807) is 19.4 Å². The van der Waals surface area contributed by atoms with Gasteiger partial charge in [0.05, 0.1) is 7.11 Å². The molecule has 0 aliphatic rings. The highest BCUT2D eigenvalue weighted by Gasteiger charge is 2.07. The van der Waals surface area contributed by atoms with E-state index in [4.69, 9.17) is 9.47 Å². The number of nitrogens with one attached hydrogen (secondary N) is 2. The number of ether oxygens (including phenoxy) is 2. The summed E-state index contributed by atoms with van der Waals surface area (Å²) in [6.45, 7) is 2.48. The fourth-order valence-corrected chi connectivity index (χ4v) is 2.18. The summed E-state index contributed by atoms with van der Waals surface area (Å²) in [6.07, 6.45) is 1.62. The van der Waals surface area contributed by atoms with E-state index in [0.717, 1.165) is 23.7 Å². The van der Waals surface area contributed by atoms with Gasteiger partial charge in [-0.2, -0.15) is 0 Å². The third kappa shape index (κ3) is 6.60. The number of carbonyl (C=O) groups is 1. The standard InChI is InChI=1S/C19H26N4O3/c1-23(2)12-10-22-19(24)18-14-15(8-9-21-18)20-11-13-26-17-6-4-16(25-3)5-7-17/h4-9,14H,10-13H2,1-3H3,(H,20,21)(H,22,24). The van der Waals surface area contributed by atoms with Crippen LogP contribution in [0.5, 0.6) is 11.5 Å². The van der Waals surface area contributed by atoms with Gasteiger partial charge in [0, 0.05) is 31.5 Å². The van der Waals surface area contributed by atoms with E-state index in [-0.39, 0.29) is 5.91 Å². The van der Waals surface area contributed by atoms with Crippen molar-refractivity contribution in [2.75, 3.05) is 52.8 Å². The maximum atomic E-state index is 12.1. The van der Waals surface area contributed by atoms with Crippen LogP contribution in [0.15, 0.2) is 42.6 Å². The highest BCUT2D eigenvalue weighted by Crippen LogP contribution is 2.16. The molecule has 7 heteroatoms. The van der Waals surface area contributed by atoms with Crippen molar-refractivity contribution in [2.24, 2.45) is 0 Å². The minimum Gasteiger partial charge on any atom is -0.497 e. The predicted octanol–water partition coefficient (Wildman–Crippen LogP) is 1.87. The van der Waals surface area contributed by atoms with Crippen molar-refractivity contribution in [1.29, 1.82) is 0 Å². The lowest BCUT2D eigenvalue weighted by atomic mass is 10.3. The average molecular weight is 358 g/mol. The molecule has 1 amide bonds. The minimum atomic E-state index is -0.176. The quantitative estimate of drug-likeness (QED) is 0.632. The topological polar surface area (TPSA) is 75.7 Å². The lowest BCUT2D eigenvalue weighted by molar-refractivity contribution is 0.0946. The SMILES string of the molecule is COc1ccc(OCCNc2ccnc(C(=O)NCCN(C)C)c2)cc1. The number of nitrogens with zero attached hydrogens (tertiary/aromatic N) is 2. The van der Waals surface area contributed by atoms with Gasteiger partial charge in [-0.15, -0.1) is 0 Å². The highest BCUT2D eigenvalue weighted by molar-refractivity contribution is 5.93. The van der Waals surface area contributed by atoms with Crippen LogP contribution in [0.4, 0.5) is 5.69 Å². The van der Waals surface area contributed by atoms with Gasteiger partial charge in [0.2, 0.25) is 0 Å². The Morgan fingerprint density at radius 3 is 2.54 bits per heavy atom. The fraction of sp³-hybridized carbons (Fsp3) is 0.368. The van der Waals surface area contributed by atoms with Crippen molar-refractivity contribution < 1.29 is 14.3 Å². The van der Waals surface area contributed by atoms with Gasteiger partial charge in [-0.25, -0.2) is 0 Å². The predicted molar refractivity (Wildman–Crippen MR) is 102 cm³/mol. The molecule has 2 aromatic rings. The molecule has 0 saturated carbocycles. The number of likely N-dealkylation sites (N-methyl/N-ethyl adjacent to an activating group) is 1. The van der Waals surface area contributed by atoms with Crippen LogP contribution < -0.4 is 20.1 Å². The van der Waals surface area contributed by atoms with Gasteiger partial charge in [0.1, 0.15) is 23.8 Å². The van der Waals surface area contributed by atoms with Crippen molar-refractivity contribution in [3.05, 3.63) is 48.3 Å². The molecular weight excluding hydrogens is 332 g/mol. The Labute approximate surface area is 154 Å². The van der Waals surface area contributed by atoms with Crippen LogP contribution in [-0.2, 0) is 0 Å². The highest BCUT2D eigenvalue weighted by atomic mass is 16.5. The number of amides is 1. The largest absolute Gasteiger partial charge is 0.497 e. The molecule has 0 atom stereocenters. The molecule has 2 N–H and O–H groups in total. The van der Waals surface area contributed by atoms with Crippen LogP contribution in [0.25, 0.3) is 0 Å².